The van der Waals surface area contributed by atoms with Crippen LogP contribution in [0.2, 0.25) is 0 Å². The van der Waals surface area contributed by atoms with Crippen molar-refractivity contribution in [1.29, 1.82) is 0 Å². The lowest BCUT2D eigenvalue weighted by Crippen LogP contribution is -2.17. The van der Waals surface area contributed by atoms with E-state index in [1.54, 1.807) is 0 Å². The average Bonchev–Trinajstić information content (AvgIpc) is 1.59. The van der Waals surface area contributed by atoms with Gasteiger partial charge in [-0.05, 0) is 27.1 Å². The minimum atomic E-state index is -3.50. The van der Waals surface area contributed by atoms with Gasteiger partial charge in [0.15, 0.2) is 0 Å². The molecule has 1 radical (unpaired) electrons. The standard InChI is InChI=1S/C5H13N2O2S/c1-7(2)4-3-5-10(6,8)9/h6H,3-5H2,1-2H3. The van der Waals surface area contributed by atoms with Crippen molar-refractivity contribution in [1.82, 2.24) is 10.0 Å². The Morgan fingerprint density at radius 1 is 1.40 bits per heavy atom. The number of sulfonamides is 1. The summed E-state index contributed by atoms with van der Waals surface area (Å²) in [7, 11) is 0.247. The van der Waals surface area contributed by atoms with Crippen LogP contribution in [-0.4, -0.2) is 39.7 Å². The van der Waals surface area contributed by atoms with Gasteiger partial charge in [0, 0.05) is 0 Å². The molecule has 0 aromatic rings. The van der Waals surface area contributed by atoms with E-state index < -0.39 is 10.0 Å². The molecule has 5 heteroatoms. The van der Waals surface area contributed by atoms with Crippen molar-refractivity contribution in [3.8, 4) is 0 Å². The maximum atomic E-state index is 10.3. The van der Waals surface area contributed by atoms with Crippen LogP contribution in [0.3, 0.4) is 0 Å². The molecule has 0 aliphatic heterocycles. The number of nitrogens with one attached hydrogen (secondary N) is 1. The molecule has 0 fully saturated rings. The highest BCUT2D eigenvalue weighted by atomic mass is 32.2. The molecule has 0 atom stereocenters. The fourth-order valence-electron chi connectivity index (χ4n) is 0.571. The molecule has 0 aliphatic rings. The molecule has 0 aromatic carbocycles. The van der Waals surface area contributed by atoms with E-state index in [0.29, 0.717) is 6.42 Å². The summed E-state index contributed by atoms with van der Waals surface area (Å²) in [5.41, 5.74) is 0. The third kappa shape index (κ3) is 7.87. The Labute approximate surface area is 62.1 Å². The van der Waals surface area contributed by atoms with Crippen LogP contribution < -0.4 is 5.14 Å². The van der Waals surface area contributed by atoms with Crippen LogP contribution in [0.1, 0.15) is 6.42 Å². The average molecular weight is 165 g/mol. The predicted octanol–water partition coefficient (Wildman–Crippen LogP) is -0.449. The van der Waals surface area contributed by atoms with Crippen molar-refractivity contribution in [2.45, 2.75) is 6.42 Å². The summed E-state index contributed by atoms with van der Waals surface area (Å²) in [5.74, 6) is -0.0365. The highest BCUT2D eigenvalue weighted by Crippen LogP contribution is 1.88. The monoisotopic (exact) mass is 165 g/mol. The molecule has 1 N–H and O–H groups in total. The van der Waals surface area contributed by atoms with Crippen LogP contribution in [0.5, 0.6) is 0 Å². The first kappa shape index (κ1) is 9.87. The Hall–Kier alpha value is -0.130. The Morgan fingerprint density at radius 2 is 1.90 bits per heavy atom. The molecule has 10 heavy (non-hydrogen) atoms. The molecule has 0 saturated heterocycles. The Balaban J connectivity index is 3.39. The van der Waals surface area contributed by atoms with E-state index >= 15 is 0 Å². The summed E-state index contributed by atoms with van der Waals surface area (Å²) >= 11 is 0. The van der Waals surface area contributed by atoms with E-state index in [1.165, 1.54) is 0 Å². The zero-order chi connectivity index (χ0) is 8.20. The van der Waals surface area contributed by atoms with Gasteiger partial charge in [0.25, 0.3) is 0 Å². The van der Waals surface area contributed by atoms with Gasteiger partial charge in [0.05, 0.1) is 5.75 Å². The van der Waals surface area contributed by atoms with Crippen molar-refractivity contribution < 1.29 is 8.42 Å². The molecule has 0 bridgehead atoms. The maximum absolute atomic E-state index is 10.3. The minimum Gasteiger partial charge on any atom is -0.309 e. The largest absolute Gasteiger partial charge is 0.309 e. The highest BCUT2D eigenvalue weighted by Gasteiger charge is 2.02. The summed E-state index contributed by atoms with van der Waals surface area (Å²) < 4.78 is 20.5. The van der Waals surface area contributed by atoms with Gasteiger partial charge in [-0.25, -0.2) is 8.42 Å². The van der Waals surface area contributed by atoms with Gasteiger partial charge >= 0.3 is 0 Å². The lowest BCUT2D eigenvalue weighted by molar-refractivity contribution is 0.408. The number of nitrogens with zero attached hydrogens (tertiary/aromatic N) is 1. The van der Waals surface area contributed by atoms with Gasteiger partial charge in [0.2, 0.25) is 10.0 Å². The summed E-state index contributed by atoms with van der Waals surface area (Å²) in [4.78, 5) is 1.89. The number of rotatable bonds is 4. The van der Waals surface area contributed by atoms with Gasteiger partial charge < -0.3 is 4.90 Å². The molecule has 0 spiro atoms. The van der Waals surface area contributed by atoms with Gasteiger partial charge in [-0.1, -0.05) is 0 Å². The fraction of sp³-hybridized carbons (Fsp3) is 1.00. The second-order valence-corrected chi connectivity index (χ2v) is 4.11. The molecular weight excluding hydrogens is 152 g/mol. The molecule has 0 saturated carbocycles. The minimum absolute atomic E-state index is 0.0365. The predicted molar refractivity (Wildman–Crippen MR) is 40.1 cm³/mol. The quantitative estimate of drug-likeness (QED) is 0.567. The molecule has 0 unspecified atom stereocenters. The van der Waals surface area contributed by atoms with Crippen LogP contribution in [0, 0.1) is 0 Å². The first-order valence-electron chi connectivity index (χ1n) is 3.04. The van der Waals surface area contributed by atoms with Crippen LogP contribution in [0.4, 0.5) is 0 Å². The van der Waals surface area contributed by atoms with Crippen LogP contribution in [0.15, 0.2) is 0 Å². The number of hydrogen-bond donors (Lipinski definition) is 0. The van der Waals surface area contributed by atoms with Gasteiger partial charge in [-0.3, -0.25) is 0 Å². The second-order valence-electron chi connectivity index (χ2n) is 2.48. The van der Waals surface area contributed by atoms with Crippen molar-refractivity contribution >= 4 is 10.0 Å². The smallest absolute Gasteiger partial charge is 0.225 e. The van der Waals surface area contributed by atoms with Crippen molar-refractivity contribution in [2.75, 3.05) is 26.4 Å². The molecule has 0 amide bonds. The zero-order valence-corrected chi connectivity index (χ0v) is 7.11. The van der Waals surface area contributed by atoms with Crippen LogP contribution in [0.25, 0.3) is 0 Å². The van der Waals surface area contributed by atoms with Gasteiger partial charge in [-0.2, -0.15) is 0 Å². The third-order valence-electron chi connectivity index (χ3n) is 1.02. The topological polar surface area (TPSA) is 61.2 Å². The zero-order valence-electron chi connectivity index (χ0n) is 6.29. The first-order valence-corrected chi connectivity index (χ1v) is 4.69. The number of hydrogen-bond acceptors (Lipinski definition) is 3. The molecule has 61 valence electrons. The summed E-state index contributed by atoms with van der Waals surface area (Å²) in [6.07, 6.45) is 0.541. The van der Waals surface area contributed by atoms with E-state index in [4.69, 9.17) is 5.14 Å². The molecule has 4 nitrogen and oxygen atoms in total. The van der Waals surface area contributed by atoms with Crippen molar-refractivity contribution in [3.05, 3.63) is 0 Å². The maximum Gasteiger partial charge on any atom is 0.225 e. The fourth-order valence-corrected chi connectivity index (χ4v) is 1.08. The van der Waals surface area contributed by atoms with Gasteiger partial charge in [0.1, 0.15) is 0 Å². The van der Waals surface area contributed by atoms with E-state index in [2.05, 4.69) is 0 Å². The van der Waals surface area contributed by atoms with Crippen molar-refractivity contribution in [2.24, 2.45) is 0 Å². The molecule has 0 aromatic heterocycles. The lowest BCUT2D eigenvalue weighted by atomic mass is 10.5. The molecule has 0 aliphatic carbocycles. The Bertz CT molecular complexity index is 174. The second kappa shape index (κ2) is 3.90. The summed E-state index contributed by atoms with van der Waals surface area (Å²) in [5, 5.41) is 6.53. The summed E-state index contributed by atoms with van der Waals surface area (Å²) in [6, 6.07) is 0. The Morgan fingerprint density at radius 3 is 2.20 bits per heavy atom. The van der Waals surface area contributed by atoms with Gasteiger partial charge in [-0.15, -0.1) is 5.14 Å². The Kier molecular flexibility index (Phi) is 3.85. The van der Waals surface area contributed by atoms with Crippen LogP contribution in [-0.2, 0) is 10.0 Å². The molecular formula is C5H13N2O2S. The van der Waals surface area contributed by atoms with Crippen molar-refractivity contribution in [3.63, 3.8) is 0 Å². The molecule has 0 rings (SSSR count). The molecule has 0 heterocycles. The van der Waals surface area contributed by atoms with E-state index in [9.17, 15) is 8.42 Å². The van der Waals surface area contributed by atoms with E-state index in [-0.39, 0.29) is 5.75 Å². The lowest BCUT2D eigenvalue weighted by Gasteiger charge is -2.06. The first-order chi connectivity index (χ1) is 4.42. The normalized spacial score (nSPS) is 12.4. The summed E-state index contributed by atoms with van der Waals surface area (Å²) in [6.45, 7) is 0.720. The van der Waals surface area contributed by atoms with E-state index in [0.717, 1.165) is 6.54 Å². The SMILES string of the molecule is CN(C)CCCS([NH])(=O)=O. The van der Waals surface area contributed by atoms with E-state index in [1.807, 2.05) is 19.0 Å². The third-order valence-corrected chi connectivity index (χ3v) is 1.84. The van der Waals surface area contributed by atoms with Crippen LogP contribution >= 0.6 is 0 Å². The highest BCUT2D eigenvalue weighted by molar-refractivity contribution is 7.88.